The molecule has 1 aromatic carbocycles. The highest BCUT2D eigenvalue weighted by molar-refractivity contribution is 5.59. The van der Waals surface area contributed by atoms with E-state index >= 15 is 0 Å². The number of hydrogen-bond donors (Lipinski definition) is 2. The second-order valence-corrected chi connectivity index (χ2v) is 3.67. The van der Waals surface area contributed by atoms with Gasteiger partial charge < -0.3 is 10.3 Å². The molecule has 0 atom stereocenters. The predicted octanol–water partition coefficient (Wildman–Crippen LogP) is 2.93. The van der Waals surface area contributed by atoms with Crippen molar-refractivity contribution >= 4 is 0 Å². The number of nitrogens with one attached hydrogen (secondary N) is 2. The first-order valence-corrected chi connectivity index (χ1v) is 5.44. The van der Waals surface area contributed by atoms with Crippen molar-refractivity contribution in [1.29, 1.82) is 0 Å². The molecule has 0 unspecified atom stereocenters. The van der Waals surface area contributed by atoms with E-state index in [2.05, 4.69) is 10.3 Å². The average Bonchev–Trinajstić information content (AvgIpc) is 2.81. The molecule has 3 heteroatoms. The molecule has 0 aliphatic carbocycles. The van der Waals surface area contributed by atoms with E-state index in [1.54, 1.807) is 6.07 Å². The number of aromatic amines is 1. The summed E-state index contributed by atoms with van der Waals surface area (Å²) >= 11 is 0. The van der Waals surface area contributed by atoms with Gasteiger partial charge in [0.1, 0.15) is 5.82 Å². The van der Waals surface area contributed by atoms with Gasteiger partial charge in [-0.25, -0.2) is 4.39 Å². The van der Waals surface area contributed by atoms with Crippen molar-refractivity contribution in [3.8, 4) is 11.3 Å². The lowest BCUT2D eigenvalue weighted by molar-refractivity contribution is 0.594. The minimum absolute atomic E-state index is 0.159. The summed E-state index contributed by atoms with van der Waals surface area (Å²) < 4.78 is 13.7. The van der Waals surface area contributed by atoms with Crippen LogP contribution >= 0.6 is 0 Å². The van der Waals surface area contributed by atoms with Crippen LogP contribution in [0.15, 0.2) is 36.5 Å². The van der Waals surface area contributed by atoms with E-state index in [0.717, 1.165) is 17.8 Å². The van der Waals surface area contributed by atoms with Crippen LogP contribution in [-0.2, 0) is 6.54 Å². The normalized spacial score (nSPS) is 10.6. The van der Waals surface area contributed by atoms with Gasteiger partial charge in [-0.05, 0) is 24.7 Å². The molecule has 2 nitrogen and oxygen atoms in total. The number of rotatable bonds is 4. The molecule has 1 aromatic heterocycles. The van der Waals surface area contributed by atoms with Crippen LogP contribution in [0.3, 0.4) is 0 Å². The molecule has 0 bridgehead atoms. The summed E-state index contributed by atoms with van der Waals surface area (Å²) in [5, 5.41) is 3.11. The minimum Gasteiger partial charge on any atom is -0.361 e. The van der Waals surface area contributed by atoms with Gasteiger partial charge in [0.05, 0.1) is 0 Å². The number of halogens is 1. The first-order chi connectivity index (χ1) is 7.81. The summed E-state index contributed by atoms with van der Waals surface area (Å²) in [6, 6.07) is 9.16. The van der Waals surface area contributed by atoms with Crippen molar-refractivity contribution in [3.05, 3.63) is 47.9 Å². The third kappa shape index (κ3) is 2.31. The molecule has 0 radical (unpaired) electrons. The van der Waals surface area contributed by atoms with Crippen LogP contribution in [0, 0.1) is 5.82 Å². The van der Waals surface area contributed by atoms with Crippen LogP contribution in [0.4, 0.5) is 4.39 Å². The largest absolute Gasteiger partial charge is 0.361 e. The van der Waals surface area contributed by atoms with Crippen LogP contribution in [-0.4, -0.2) is 11.5 Å². The maximum atomic E-state index is 13.7. The topological polar surface area (TPSA) is 27.8 Å². The number of hydrogen-bond acceptors (Lipinski definition) is 1. The lowest BCUT2D eigenvalue weighted by atomic mass is 10.1. The Morgan fingerprint density at radius 1 is 1.31 bits per heavy atom. The smallest absolute Gasteiger partial charge is 0.128 e. The Balaban J connectivity index is 2.23. The van der Waals surface area contributed by atoms with Gasteiger partial charge in [-0.1, -0.05) is 19.1 Å². The Labute approximate surface area is 94.5 Å². The number of aromatic nitrogens is 1. The van der Waals surface area contributed by atoms with Crippen molar-refractivity contribution < 1.29 is 4.39 Å². The second-order valence-electron chi connectivity index (χ2n) is 3.67. The standard InChI is InChI=1S/C13H15FN2/c1-2-15-9-11-6-5-10(8-12(11)14)13-4-3-7-16-13/h3-8,15-16H,2,9H2,1H3. The van der Waals surface area contributed by atoms with Gasteiger partial charge in [0.15, 0.2) is 0 Å². The summed E-state index contributed by atoms with van der Waals surface area (Å²) in [7, 11) is 0. The zero-order valence-electron chi connectivity index (χ0n) is 9.26. The molecular weight excluding hydrogens is 203 g/mol. The highest BCUT2D eigenvalue weighted by atomic mass is 19.1. The molecule has 0 aliphatic heterocycles. The van der Waals surface area contributed by atoms with E-state index in [1.807, 2.05) is 37.4 Å². The number of benzene rings is 1. The van der Waals surface area contributed by atoms with Gasteiger partial charge >= 0.3 is 0 Å². The molecule has 84 valence electrons. The summed E-state index contributed by atoms with van der Waals surface area (Å²) in [5.74, 6) is -0.159. The molecule has 0 aliphatic rings. The van der Waals surface area contributed by atoms with Gasteiger partial charge in [0.25, 0.3) is 0 Å². The monoisotopic (exact) mass is 218 g/mol. The first-order valence-electron chi connectivity index (χ1n) is 5.44. The van der Waals surface area contributed by atoms with E-state index in [0.29, 0.717) is 12.1 Å². The van der Waals surface area contributed by atoms with E-state index in [9.17, 15) is 4.39 Å². The lowest BCUT2D eigenvalue weighted by Gasteiger charge is -2.05. The minimum atomic E-state index is -0.159. The highest BCUT2D eigenvalue weighted by Crippen LogP contribution is 2.20. The molecule has 0 amide bonds. The van der Waals surface area contributed by atoms with E-state index in [1.165, 1.54) is 0 Å². The van der Waals surface area contributed by atoms with E-state index in [-0.39, 0.29) is 5.82 Å². The Hall–Kier alpha value is -1.61. The molecule has 0 saturated carbocycles. The molecule has 0 saturated heterocycles. The molecule has 2 N–H and O–H groups in total. The fraction of sp³-hybridized carbons (Fsp3) is 0.231. The van der Waals surface area contributed by atoms with Crippen molar-refractivity contribution in [2.24, 2.45) is 0 Å². The van der Waals surface area contributed by atoms with Crippen LogP contribution in [0.1, 0.15) is 12.5 Å². The predicted molar refractivity (Wildman–Crippen MR) is 63.6 cm³/mol. The zero-order chi connectivity index (χ0) is 11.4. The van der Waals surface area contributed by atoms with Gasteiger partial charge in [0.2, 0.25) is 0 Å². The summed E-state index contributed by atoms with van der Waals surface area (Å²) in [6.07, 6.45) is 1.83. The fourth-order valence-electron chi connectivity index (χ4n) is 1.63. The average molecular weight is 218 g/mol. The van der Waals surface area contributed by atoms with Crippen LogP contribution in [0.25, 0.3) is 11.3 Å². The zero-order valence-corrected chi connectivity index (χ0v) is 9.26. The second kappa shape index (κ2) is 4.94. The van der Waals surface area contributed by atoms with E-state index in [4.69, 9.17) is 0 Å². The van der Waals surface area contributed by atoms with Crippen LogP contribution < -0.4 is 5.32 Å². The first kappa shape index (κ1) is 10.9. The fourth-order valence-corrected chi connectivity index (χ4v) is 1.63. The molecule has 0 fully saturated rings. The summed E-state index contributed by atoms with van der Waals surface area (Å²) in [4.78, 5) is 3.06. The lowest BCUT2D eigenvalue weighted by Crippen LogP contribution is -2.12. The molecule has 2 aromatic rings. The molecular formula is C13H15FN2. The van der Waals surface area contributed by atoms with Gasteiger partial charge in [-0.15, -0.1) is 0 Å². The third-order valence-electron chi connectivity index (χ3n) is 2.53. The van der Waals surface area contributed by atoms with Crippen LogP contribution in [0.5, 0.6) is 0 Å². The number of H-pyrrole nitrogens is 1. The van der Waals surface area contributed by atoms with Crippen molar-refractivity contribution in [2.45, 2.75) is 13.5 Å². The Bertz CT molecular complexity index is 449. The van der Waals surface area contributed by atoms with Crippen LogP contribution in [0.2, 0.25) is 0 Å². The maximum Gasteiger partial charge on any atom is 0.128 e. The summed E-state index contributed by atoms with van der Waals surface area (Å²) in [6.45, 7) is 3.43. The SMILES string of the molecule is CCNCc1ccc(-c2ccc[nH]2)cc1F. The van der Waals surface area contributed by atoms with Gasteiger partial charge in [0, 0.05) is 29.6 Å². The molecule has 16 heavy (non-hydrogen) atoms. The highest BCUT2D eigenvalue weighted by Gasteiger charge is 2.04. The Kier molecular flexibility index (Phi) is 3.37. The Morgan fingerprint density at radius 2 is 2.19 bits per heavy atom. The third-order valence-corrected chi connectivity index (χ3v) is 2.53. The molecule has 0 spiro atoms. The maximum absolute atomic E-state index is 13.7. The van der Waals surface area contributed by atoms with E-state index < -0.39 is 0 Å². The van der Waals surface area contributed by atoms with Gasteiger partial charge in [-0.3, -0.25) is 0 Å². The van der Waals surface area contributed by atoms with Crippen molar-refractivity contribution in [1.82, 2.24) is 10.3 Å². The summed E-state index contributed by atoms with van der Waals surface area (Å²) in [5.41, 5.74) is 2.52. The van der Waals surface area contributed by atoms with Crippen molar-refractivity contribution in [3.63, 3.8) is 0 Å². The Morgan fingerprint density at radius 3 is 2.81 bits per heavy atom. The molecule has 2 rings (SSSR count). The van der Waals surface area contributed by atoms with Gasteiger partial charge in [-0.2, -0.15) is 0 Å². The van der Waals surface area contributed by atoms with Crippen molar-refractivity contribution in [2.75, 3.05) is 6.54 Å². The quantitative estimate of drug-likeness (QED) is 0.811. The molecule has 1 heterocycles.